The summed E-state index contributed by atoms with van der Waals surface area (Å²) in [7, 11) is 0. The van der Waals surface area contributed by atoms with Crippen LogP contribution in [0.4, 0.5) is 0 Å². The summed E-state index contributed by atoms with van der Waals surface area (Å²) in [4.78, 5) is 10.7. The van der Waals surface area contributed by atoms with Crippen molar-refractivity contribution in [2.24, 2.45) is 0 Å². The molecule has 0 amide bonds. The molecule has 1 N–H and O–H groups in total. The van der Waals surface area contributed by atoms with Gasteiger partial charge in [-0.3, -0.25) is 4.52 Å². The first-order chi connectivity index (χ1) is 6.34. The molecule has 68 valence electrons. The standard InChI is InChI=1S/C7H8N4O2/c1-5-10-7(13-11-5)12-4-6-8-2-3-9-6/h2-3H,4H2,1H3,(H,8,9). The fourth-order valence-electron chi connectivity index (χ4n) is 0.844. The Morgan fingerprint density at radius 1 is 1.62 bits per heavy atom. The predicted octanol–water partition coefficient (Wildman–Crippen LogP) is 0.680. The lowest BCUT2D eigenvalue weighted by Gasteiger charge is -1.95. The number of aromatic amines is 1. The molecule has 0 aliphatic heterocycles. The molecule has 2 aromatic rings. The van der Waals surface area contributed by atoms with Crippen LogP contribution in [0, 0.1) is 6.92 Å². The molecule has 0 aliphatic rings. The van der Waals surface area contributed by atoms with Gasteiger partial charge < -0.3 is 9.72 Å². The van der Waals surface area contributed by atoms with Crippen LogP contribution < -0.4 is 4.74 Å². The largest absolute Gasteiger partial charge is 0.441 e. The lowest BCUT2D eigenvalue weighted by molar-refractivity contribution is 0.190. The van der Waals surface area contributed by atoms with Crippen molar-refractivity contribution < 1.29 is 9.26 Å². The fourth-order valence-corrected chi connectivity index (χ4v) is 0.844. The maximum absolute atomic E-state index is 5.14. The van der Waals surface area contributed by atoms with Gasteiger partial charge in [0, 0.05) is 12.4 Å². The summed E-state index contributed by atoms with van der Waals surface area (Å²) in [6.45, 7) is 2.03. The van der Waals surface area contributed by atoms with Crippen LogP contribution in [0.2, 0.25) is 0 Å². The molecule has 0 aliphatic carbocycles. The minimum atomic E-state index is 0.161. The van der Waals surface area contributed by atoms with E-state index in [9.17, 15) is 0 Å². The van der Waals surface area contributed by atoms with Crippen LogP contribution in [-0.4, -0.2) is 20.1 Å². The van der Waals surface area contributed by atoms with E-state index in [0.29, 0.717) is 12.4 Å². The highest BCUT2D eigenvalue weighted by atomic mass is 16.6. The number of ether oxygens (including phenoxy) is 1. The van der Waals surface area contributed by atoms with E-state index >= 15 is 0 Å². The van der Waals surface area contributed by atoms with Gasteiger partial charge in [-0.05, 0) is 6.92 Å². The van der Waals surface area contributed by atoms with E-state index in [2.05, 4.69) is 20.1 Å². The van der Waals surface area contributed by atoms with Crippen LogP contribution in [0.1, 0.15) is 11.6 Å². The summed E-state index contributed by atoms with van der Waals surface area (Å²) in [6.07, 6.45) is 3.53. The highest BCUT2D eigenvalue weighted by Gasteiger charge is 2.03. The second kappa shape index (κ2) is 3.26. The lowest BCUT2D eigenvalue weighted by atomic mass is 10.7. The van der Waals surface area contributed by atoms with E-state index in [4.69, 9.17) is 9.26 Å². The molecule has 2 rings (SSSR count). The van der Waals surface area contributed by atoms with Crippen molar-refractivity contribution in [1.29, 1.82) is 0 Å². The lowest BCUT2D eigenvalue weighted by Crippen LogP contribution is -1.97. The zero-order valence-corrected chi connectivity index (χ0v) is 7.02. The summed E-state index contributed by atoms with van der Waals surface area (Å²) in [5.74, 6) is 1.27. The average Bonchev–Trinajstić information content (AvgIpc) is 2.71. The molecule has 0 saturated carbocycles. The molecule has 0 aromatic carbocycles. The van der Waals surface area contributed by atoms with Gasteiger partial charge in [0.1, 0.15) is 5.82 Å². The Morgan fingerprint density at radius 2 is 2.54 bits per heavy atom. The zero-order chi connectivity index (χ0) is 9.10. The third-order valence-corrected chi connectivity index (χ3v) is 1.40. The van der Waals surface area contributed by atoms with E-state index in [0.717, 1.165) is 5.82 Å². The number of hydrogen-bond acceptors (Lipinski definition) is 5. The van der Waals surface area contributed by atoms with Gasteiger partial charge in [0.2, 0.25) is 0 Å². The van der Waals surface area contributed by atoms with E-state index in [1.54, 1.807) is 19.3 Å². The Labute approximate surface area is 73.9 Å². The summed E-state index contributed by atoms with van der Waals surface area (Å²) in [5, 5.41) is 3.57. The quantitative estimate of drug-likeness (QED) is 0.751. The van der Waals surface area contributed by atoms with Gasteiger partial charge in [-0.2, -0.15) is 4.98 Å². The van der Waals surface area contributed by atoms with Crippen molar-refractivity contribution in [2.45, 2.75) is 13.5 Å². The number of aryl methyl sites for hydroxylation is 1. The van der Waals surface area contributed by atoms with E-state index in [-0.39, 0.29) is 6.08 Å². The Hall–Kier alpha value is -1.85. The number of nitrogens with one attached hydrogen (secondary N) is 1. The number of rotatable bonds is 3. The van der Waals surface area contributed by atoms with Gasteiger partial charge in [-0.25, -0.2) is 4.98 Å². The highest BCUT2D eigenvalue weighted by Crippen LogP contribution is 2.06. The minimum absolute atomic E-state index is 0.161. The molecular weight excluding hydrogens is 172 g/mol. The summed E-state index contributed by atoms with van der Waals surface area (Å²) < 4.78 is 9.87. The maximum Gasteiger partial charge on any atom is 0.417 e. The average molecular weight is 180 g/mol. The monoisotopic (exact) mass is 180 g/mol. The number of H-pyrrole nitrogens is 1. The Kier molecular flexibility index (Phi) is 1.95. The van der Waals surface area contributed by atoms with E-state index in [1.165, 1.54) is 0 Å². The fraction of sp³-hybridized carbons (Fsp3) is 0.286. The number of hydrogen-bond donors (Lipinski definition) is 1. The molecule has 0 atom stereocenters. The van der Waals surface area contributed by atoms with Crippen LogP contribution in [0.25, 0.3) is 0 Å². The zero-order valence-electron chi connectivity index (χ0n) is 7.02. The maximum atomic E-state index is 5.14. The summed E-state index contributed by atoms with van der Waals surface area (Å²) >= 11 is 0. The molecule has 2 aromatic heterocycles. The van der Waals surface area contributed by atoms with Crippen molar-refractivity contribution >= 4 is 0 Å². The summed E-state index contributed by atoms with van der Waals surface area (Å²) in [6, 6.07) is 0. The van der Waals surface area contributed by atoms with Crippen LogP contribution in [-0.2, 0) is 6.61 Å². The molecule has 6 heteroatoms. The summed E-state index contributed by atoms with van der Waals surface area (Å²) in [5.41, 5.74) is 0. The first-order valence-electron chi connectivity index (χ1n) is 3.76. The van der Waals surface area contributed by atoms with E-state index in [1.807, 2.05) is 0 Å². The van der Waals surface area contributed by atoms with Gasteiger partial charge in [0.15, 0.2) is 12.4 Å². The SMILES string of the molecule is Cc1noc(OCc2ncc[nH]2)n1. The normalized spacial score (nSPS) is 10.2. The second-order valence-electron chi connectivity index (χ2n) is 2.43. The number of nitrogens with zero attached hydrogens (tertiary/aromatic N) is 3. The molecule has 0 radical (unpaired) electrons. The minimum Gasteiger partial charge on any atom is -0.441 e. The molecule has 0 fully saturated rings. The van der Waals surface area contributed by atoms with Crippen LogP contribution in [0.3, 0.4) is 0 Å². The second-order valence-corrected chi connectivity index (χ2v) is 2.43. The third kappa shape index (κ3) is 1.84. The first-order valence-corrected chi connectivity index (χ1v) is 3.76. The molecule has 2 heterocycles. The number of imidazole rings is 1. The van der Waals surface area contributed by atoms with Crippen LogP contribution in [0.15, 0.2) is 16.9 Å². The van der Waals surface area contributed by atoms with Gasteiger partial charge >= 0.3 is 6.08 Å². The first kappa shape index (κ1) is 7.78. The number of aromatic nitrogens is 4. The van der Waals surface area contributed by atoms with Crippen molar-refractivity contribution in [3.05, 3.63) is 24.0 Å². The molecule has 6 nitrogen and oxygen atoms in total. The smallest absolute Gasteiger partial charge is 0.417 e. The highest BCUT2D eigenvalue weighted by molar-refractivity contribution is 4.90. The Morgan fingerprint density at radius 3 is 3.15 bits per heavy atom. The molecule has 0 saturated heterocycles. The predicted molar refractivity (Wildman–Crippen MR) is 42.0 cm³/mol. The Bertz CT molecular complexity index is 368. The van der Waals surface area contributed by atoms with Gasteiger partial charge in [0.05, 0.1) is 0 Å². The van der Waals surface area contributed by atoms with Crippen molar-refractivity contribution in [3.63, 3.8) is 0 Å². The van der Waals surface area contributed by atoms with Gasteiger partial charge in [-0.1, -0.05) is 5.16 Å². The Balaban J connectivity index is 1.93. The van der Waals surface area contributed by atoms with Gasteiger partial charge in [-0.15, -0.1) is 0 Å². The molecule has 13 heavy (non-hydrogen) atoms. The molecule has 0 unspecified atom stereocenters. The van der Waals surface area contributed by atoms with Crippen molar-refractivity contribution in [3.8, 4) is 6.08 Å². The molecule has 0 bridgehead atoms. The third-order valence-electron chi connectivity index (χ3n) is 1.40. The molecule has 0 spiro atoms. The molecular formula is C7H8N4O2. The van der Waals surface area contributed by atoms with E-state index < -0.39 is 0 Å². The van der Waals surface area contributed by atoms with Crippen molar-refractivity contribution in [1.82, 2.24) is 20.1 Å². The topological polar surface area (TPSA) is 76.8 Å². The van der Waals surface area contributed by atoms with Crippen LogP contribution >= 0.6 is 0 Å². The van der Waals surface area contributed by atoms with Crippen LogP contribution in [0.5, 0.6) is 6.08 Å². The van der Waals surface area contributed by atoms with Gasteiger partial charge in [0.25, 0.3) is 0 Å². The van der Waals surface area contributed by atoms with Crippen molar-refractivity contribution in [2.75, 3.05) is 0 Å².